The number of halogens is 1. The zero-order chi connectivity index (χ0) is 15.2. The largest absolute Gasteiger partial charge is 0.381 e. The summed E-state index contributed by atoms with van der Waals surface area (Å²) < 4.78 is 5.53. The van der Waals surface area contributed by atoms with Crippen molar-refractivity contribution in [2.75, 3.05) is 49.7 Å². The maximum atomic E-state index is 6.05. The molecule has 1 unspecified atom stereocenters. The molecule has 1 aromatic heterocycles. The van der Waals surface area contributed by atoms with Gasteiger partial charge in [-0.05, 0) is 44.2 Å². The van der Waals surface area contributed by atoms with E-state index in [0.29, 0.717) is 17.8 Å². The van der Waals surface area contributed by atoms with Gasteiger partial charge in [-0.15, -0.1) is 0 Å². The second kappa shape index (κ2) is 7.75. The van der Waals surface area contributed by atoms with Crippen LogP contribution in [-0.4, -0.2) is 54.8 Å². The highest BCUT2D eigenvalue weighted by Gasteiger charge is 2.19. The zero-order valence-corrected chi connectivity index (χ0v) is 13.8. The molecule has 1 aromatic rings. The average Bonchev–Trinajstić information content (AvgIpc) is 2.49. The first-order chi connectivity index (χ1) is 10.1. The van der Waals surface area contributed by atoms with Crippen LogP contribution >= 0.6 is 11.6 Å². The molecule has 6 nitrogen and oxygen atoms in total. The van der Waals surface area contributed by atoms with E-state index in [0.717, 1.165) is 39.3 Å². The predicted molar refractivity (Wildman–Crippen MR) is 85.2 cm³/mol. The molecule has 118 valence electrons. The number of ether oxygens (including phenoxy) is 1. The number of rotatable bonds is 6. The van der Waals surface area contributed by atoms with Crippen LogP contribution in [0, 0.1) is 5.92 Å². The Morgan fingerprint density at radius 2 is 1.90 bits per heavy atom. The molecule has 0 saturated carbocycles. The average molecular weight is 314 g/mol. The van der Waals surface area contributed by atoms with Gasteiger partial charge in [0.25, 0.3) is 0 Å². The van der Waals surface area contributed by atoms with Gasteiger partial charge in [-0.2, -0.15) is 15.0 Å². The minimum Gasteiger partial charge on any atom is -0.381 e. The Hall–Kier alpha value is -1.14. The molecule has 0 aliphatic carbocycles. The Morgan fingerprint density at radius 3 is 2.52 bits per heavy atom. The quantitative estimate of drug-likeness (QED) is 0.803. The fraction of sp³-hybridized carbons (Fsp3) is 0.786. The second-order valence-corrected chi connectivity index (χ2v) is 5.68. The van der Waals surface area contributed by atoms with Crippen LogP contribution in [-0.2, 0) is 4.74 Å². The van der Waals surface area contributed by atoms with Gasteiger partial charge in [0.15, 0.2) is 0 Å². The van der Waals surface area contributed by atoms with E-state index in [-0.39, 0.29) is 5.28 Å². The highest BCUT2D eigenvalue weighted by Crippen LogP contribution is 2.19. The summed E-state index contributed by atoms with van der Waals surface area (Å²) in [6.07, 6.45) is 2.31. The van der Waals surface area contributed by atoms with Gasteiger partial charge in [-0.25, -0.2) is 0 Å². The standard InChI is InChI=1S/C14H24ClN5O/c1-4-20(5-2)14-17-12(15)16-13(18-14)19(3)9-11-7-6-8-21-10-11/h11H,4-10H2,1-3H3. The van der Waals surface area contributed by atoms with Crippen LogP contribution < -0.4 is 9.80 Å². The summed E-state index contributed by atoms with van der Waals surface area (Å²) >= 11 is 6.05. The van der Waals surface area contributed by atoms with Crippen molar-refractivity contribution in [1.82, 2.24) is 15.0 Å². The number of anilines is 2. The maximum Gasteiger partial charge on any atom is 0.231 e. The third-order valence-electron chi connectivity index (χ3n) is 3.76. The molecule has 0 spiro atoms. The summed E-state index contributed by atoms with van der Waals surface area (Å²) in [5, 5.41) is 0.244. The minimum atomic E-state index is 0.244. The van der Waals surface area contributed by atoms with Crippen molar-refractivity contribution in [2.45, 2.75) is 26.7 Å². The monoisotopic (exact) mass is 313 g/mol. The van der Waals surface area contributed by atoms with Crippen LogP contribution in [0.3, 0.4) is 0 Å². The van der Waals surface area contributed by atoms with E-state index in [1.807, 2.05) is 11.9 Å². The fourth-order valence-corrected chi connectivity index (χ4v) is 2.72. The molecule has 21 heavy (non-hydrogen) atoms. The molecular formula is C14H24ClN5O. The van der Waals surface area contributed by atoms with Crippen LogP contribution in [0.4, 0.5) is 11.9 Å². The van der Waals surface area contributed by atoms with E-state index in [2.05, 4.69) is 33.7 Å². The Balaban J connectivity index is 2.10. The summed E-state index contributed by atoms with van der Waals surface area (Å²) in [6.45, 7) is 8.40. The van der Waals surface area contributed by atoms with E-state index < -0.39 is 0 Å². The van der Waals surface area contributed by atoms with Gasteiger partial charge in [0.1, 0.15) is 0 Å². The van der Waals surface area contributed by atoms with Gasteiger partial charge in [0.05, 0.1) is 6.61 Å². The van der Waals surface area contributed by atoms with Crippen molar-refractivity contribution in [1.29, 1.82) is 0 Å². The molecule has 0 aromatic carbocycles. The highest BCUT2D eigenvalue weighted by atomic mass is 35.5. The van der Waals surface area contributed by atoms with Gasteiger partial charge in [-0.1, -0.05) is 0 Å². The van der Waals surface area contributed by atoms with Crippen LogP contribution in [0.25, 0.3) is 0 Å². The third kappa shape index (κ3) is 4.41. The van der Waals surface area contributed by atoms with Gasteiger partial charge in [0, 0.05) is 33.3 Å². The summed E-state index contributed by atoms with van der Waals surface area (Å²) in [5.74, 6) is 1.79. The molecule has 1 aliphatic rings. The molecular weight excluding hydrogens is 290 g/mol. The van der Waals surface area contributed by atoms with Crippen molar-refractivity contribution >= 4 is 23.5 Å². The summed E-state index contributed by atoms with van der Waals surface area (Å²) in [6, 6.07) is 0. The van der Waals surface area contributed by atoms with E-state index in [9.17, 15) is 0 Å². The summed E-state index contributed by atoms with van der Waals surface area (Å²) in [4.78, 5) is 17.1. The number of hydrogen-bond donors (Lipinski definition) is 0. The zero-order valence-electron chi connectivity index (χ0n) is 13.0. The molecule has 1 atom stereocenters. The lowest BCUT2D eigenvalue weighted by Crippen LogP contribution is -2.32. The molecule has 0 amide bonds. The number of hydrogen-bond acceptors (Lipinski definition) is 6. The van der Waals surface area contributed by atoms with Crippen LogP contribution in [0.1, 0.15) is 26.7 Å². The molecule has 0 bridgehead atoms. The minimum absolute atomic E-state index is 0.244. The third-order valence-corrected chi connectivity index (χ3v) is 3.93. The molecule has 2 heterocycles. The fourth-order valence-electron chi connectivity index (χ4n) is 2.57. The van der Waals surface area contributed by atoms with Gasteiger partial charge in [-0.3, -0.25) is 0 Å². The molecule has 7 heteroatoms. The van der Waals surface area contributed by atoms with Crippen LogP contribution in [0.15, 0.2) is 0 Å². The highest BCUT2D eigenvalue weighted by molar-refractivity contribution is 6.28. The second-order valence-electron chi connectivity index (χ2n) is 5.34. The van der Waals surface area contributed by atoms with Gasteiger partial charge < -0.3 is 14.5 Å². The van der Waals surface area contributed by atoms with E-state index in [1.165, 1.54) is 6.42 Å². The van der Waals surface area contributed by atoms with E-state index >= 15 is 0 Å². The lowest BCUT2D eigenvalue weighted by atomic mass is 10.0. The van der Waals surface area contributed by atoms with Crippen molar-refractivity contribution in [3.63, 3.8) is 0 Å². The van der Waals surface area contributed by atoms with E-state index in [1.54, 1.807) is 0 Å². The Kier molecular flexibility index (Phi) is 5.99. The first-order valence-corrected chi connectivity index (χ1v) is 7.97. The summed E-state index contributed by atoms with van der Waals surface area (Å²) in [7, 11) is 1.99. The Morgan fingerprint density at radius 1 is 1.19 bits per heavy atom. The van der Waals surface area contributed by atoms with E-state index in [4.69, 9.17) is 16.3 Å². The Labute approximate surface area is 131 Å². The normalized spacial score (nSPS) is 18.6. The predicted octanol–water partition coefficient (Wildman–Crippen LogP) is 2.23. The topological polar surface area (TPSA) is 54.4 Å². The lowest BCUT2D eigenvalue weighted by molar-refractivity contribution is 0.0575. The van der Waals surface area contributed by atoms with Gasteiger partial charge >= 0.3 is 0 Å². The maximum absolute atomic E-state index is 6.05. The summed E-state index contributed by atoms with van der Waals surface area (Å²) in [5.41, 5.74) is 0. The lowest BCUT2D eigenvalue weighted by Gasteiger charge is -2.27. The van der Waals surface area contributed by atoms with Crippen molar-refractivity contribution < 1.29 is 4.74 Å². The van der Waals surface area contributed by atoms with Crippen LogP contribution in [0.2, 0.25) is 5.28 Å². The smallest absolute Gasteiger partial charge is 0.231 e. The van der Waals surface area contributed by atoms with Crippen molar-refractivity contribution in [3.8, 4) is 0 Å². The molecule has 1 fully saturated rings. The molecule has 1 saturated heterocycles. The molecule has 2 rings (SSSR count). The SMILES string of the molecule is CCN(CC)c1nc(Cl)nc(N(C)CC2CCCOC2)n1. The first kappa shape index (κ1) is 16.2. The van der Waals surface area contributed by atoms with Crippen molar-refractivity contribution in [2.24, 2.45) is 5.92 Å². The molecule has 0 N–H and O–H groups in total. The van der Waals surface area contributed by atoms with Crippen molar-refractivity contribution in [3.05, 3.63) is 5.28 Å². The number of aromatic nitrogens is 3. The number of nitrogens with zero attached hydrogens (tertiary/aromatic N) is 5. The van der Waals surface area contributed by atoms with Gasteiger partial charge in [0.2, 0.25) is 17.2 Å². The van der Waals surface area contributed by atoms with Crippen LogP contribution in [0.5, 0.6) is 0 Å². The Bertz CT molecular complexity index is 449. The first-order valence-electron chi connectivity index (χ1n) is 7.59. The molecule has 1 aliphatic heterocycles. The molecule has 0 radical (unpaired) electrons.